The number of rotatable bonds is 5. The summed E-state index contributed by atoms with van der Waals surface area (Å²) in [6.45, 7) is 5.27. The molecule has 1 spiro atoms. The number of hydrogen-bond acceptors (Lipinski definition) is 3. The Morgan fingerprint density at radius 3 is 2.86 bits per heavy atom. The summed E-state index contributed by atoms with van der Waals surface area (Å²) in [5.74, 6) is 1.52. The van der Waals surface area contributed by atoms with E-state index in [2.05, 4.69) is 13.0 Å². The van der Waals surface area contributed by atoms with E-state index in [1.807, 2.05) is 28.0 Å². The number of piperidine rings is 1. The molecule has 0 radical (unpaired) electrons. The Morgan fingerprint density at radius 1 is 1.25 bits per heavy atom. The van der Waals surface area contributed by atoms with Crippen molar-refractivity contribution in [1.29, 1.82) is 0 Å². The van der Waals surface area contributed by atoms with Crippen molar-refractivity contribution >= 4 is 11.8 Å². The number of carbonyl (C=O) groups is 2. The van der Waals surface area contributed by atoms with E-state index in [4.69, 9.17) is 4.74 Å². The van der Waals surface area contributed by atoms with Gasteiger partial charge in [-0.25, -0.2) is 0 Å². The molecule has 1 atom stereocenters. The maximum atomic E-state index is 12.9. The van der Waals surface area contributed by atoms with Gasteiger partial charge < -0.3 is 14.5 Å². The summed E-state index contributed by atoms with van der Waals surface area (Å²) in [7, 11) is 0. The number of amides is 2. The monoisotopic (exact) mass is 384 g/mol. The van der Waals surface area contributed by atoms with Gasteiger partial charge in [0.15, 0.2) is 0 Å². The molecule has 3 aliphatic rings. The predicted molar refractivity (Wildman–Crippen MR) is 108 cm³/mol. The molecule has 1 saturated carbocycles. The molecule has 2 aliphatic heterocycles. The average Bonchev–Trinajstić information content (AvgIpc) is 3.26. The first-order valence-corrected chi connectivity index (χ1v) is 10.8. The third-order valence-electron chi connectivity index (χ3n) is 6.74. The van der Waals surface area contributed by atoms with Crippen molar-refractivity contribution in [2.75, 3.05) is 32.8 Å². The summed E-state index contributed by atoms with van der Waals surface area (Å²) in [6.07, 6.45) is 7.48. The fraction of sp³-hybridized carbons (Fsp3) is 0.652. The van der Waals surface area contributed by atoms with Crippen molar-refractivity contribution in [3.05, 3.63) is 29.8 Å². The van der Waals surface area contributed by atoms with Gasteiger partial charge in [0.2, 0.25) is 11.8 Å². The van der Waals surface area contributed by atoms with Crippen LogP contribution in [0.4, 0.5) is 0 Å². The lowest BCUT2D eigenvalue weighted by Gasteiger charge is -2.34. The second-order valence-electron chi connectivity index (χ2n) is 9.11. The normalized spacial score (nSPS) is 24.2. The van der Waals surface area contributed by atoms with Crippen LogP contribution in [0.1, 0.15) is 50.5 Å². The summed E-state index contributed by atoms with van der Waals surface area (Å²) in [4.78, 5) is 29.1. The smallest absolute Gasteiger partial charge is 0.242 e. The highest BCUT2D eigenvalue weighted by molar-refractivity contribution is 5.86. The first kappa shape index (κ1) is 19.3. The average molecular weight is 385 g/mol. The van der Waals surface area contributed by atoms with Crippen LogP contribution in [-0.2, 0) is 9.59 Å². The summed E-state index contributed by atoms with van der Waals surface area (Å²) in [5.41, 5.74) is 1.36. The number of benzene rings is 1. The van der Waals surface area contributed by atoms with Gasteiger partial charge in [-0.15, -0.1) is 0 Å². The number of nitrogens with zero attached hydrogens (tertiary/aromatic N) is 2. The fourth-order valence-electron chi connectivity index (χ4n) is 5.20. The maximum absolute atomic E-state index is 12.9. The third-order valence-corrected chi connectivity index (χ3v) is 6.74. The SMILES string of the molecule is Cc1cccc(OCC2CCCN(C(=O)CN3CC4(CCCC4)CC3=O)C2)c1. The van der Waals surface area contributed by atoms with Gasteiger partial charge in [0.05, 0.1) is 13.2 Å². The van der Waals surface area contributed by atoms with Crippen LogP contribution in [0.3, 0.4) is 0 Å². The standard InChI is InChI=1S/C23H32N2O3/c1-18-6-4-8-20(12-18)28-16-19-7-5-11-24(14-19)22(27)15-25-17-23(13-21(25)26)9-2-3-10-23/h4,6,8,12,19H,2-3,5,7,9-11,13-17H2,1H3. The molecule has 152 valence electrons. The third kappa shape index (κ3) is 4.34. The maximum Gasteiger partial charge on any atom is 0.242 e. The molecule has 0 N–H and O–H groups in total. The van der Waals surface area contributed by atoms with E-state index in [0.29, 0.717) is 18.9 Å². The van der Waals surface area contributed by atoms with Crippen molar-refractivity contribution in [1.82, 2.24) is 9.80 Å². The molecular formula is C23H32N2O3. The molecule has 5 nitrogen and oxygen atoms in total. The van der Waals surface area contributed by atoms with Crippen LogP contribution in [0.2, 0.25) is 0 Å². The van der Waals surface area contributed by atoms with Gasteiger partial charge in [0, 0.05) is 32.0 Å². The molecule has 1 aliphatic carbocycles. The van der Waals surface area contributed by atoms with Gasteiger partial charge in [-0.2, -0.15) is 0 Å². The van der Waals surface area contributed by atoms with E-state index in [1.54, 1.807) is 0 Å². The lowest BCUT2D eigenvalue weighted by atomic mass is 9.85. The number of carbonyl (C=O) groups excluding carboxylic acids is 2. The first-order valence-electron chi connectivity index (χ1n) is 10.8. The largest absolute Gasteiger partial charge is 0.493 e. The Morgan fingerprint density at radius 2 is 2.07 bits per heavy atom. The zero-order chi connectivity index (χ0) is 19.6. The summed E-state index contributed by atoms with van der Waals surface area (Å²) in [6, 6.07) is 8.09. The molecule has 0 aromatic heterocycles. The highest BCUT2D eigenvalue weighted by Gasteiger charge is 2.45. The van der Waals surface area contributed by atoms with Gasteiger partial charge in [-0.3, -0.25) is 9.59 Å². The van der Waals surface area contributed by atoms with E-state index >= 15 is 0 Å². The number of ether oxygens (including phenoxy) is 1. The van der Waals surface area contributed by atoms with Gasteiger partial charge in [-0.05, 0) is 55.7 Å². The summed E-state index contributed by atoms with van der Waals surface area (Å²) < 4.78 is 5.97. The lowest BCUT2D eigenvalue weighted by Crippen LogP contribution is -2.46. The summed E-state index contributed by atoms with van der Waals surface area (Å²) in [5, 5.41) is 0. The molecule has 2 heterocycles. The molecule has 4 rings (SSSR count). The van der Waals surface area contributed by atoms with Crippen LogP contribution in [0, 0.1) is 18.3 Å². The minimum absolute atomic E-state index is 0.101. The Balaban J connectivity index is 1.28. The molecule has 1 aromatic rings. The summed E-state index contributed by atoms with van der Waals surface area (Å²) >= 11 is 0. The molecular weight excluding hydrogens is 352 g/mol. The molecule has 3 fully saturated rings. The Bertz CT molecular complexity index is 726. The van der Waals surface area contributed by atoms with Crippen LogP contribution in [-0.4, -0.2) is 54.4 Å². The van der Waals surface area contributed by atoms with E-state index in [-0.39, 0.29) is 23.8 Å². The van der Waals surface area contributed by atoms with E-state index < -0.39 is 0 Å². The van der Waals surface area contributed by atoms with Crippen molar-refractivity contribution in [2.24, 2.45) is 11.3 Å². The van der Waals surface area contributed by atoms with E-state index in [0.717, 1.165) is 51.1 Å². The second-order valence-corrected chi connectivity index (χ2v) is 9.11. The highest BCUT2D eigenvalue weighted by Crippen LogP contribution is 2.45. The molecule has 2 amide bonds. The van der Waals surface area contributed by atoms with Crippen molar-refractivity contribution in [3.63, 3.8) is 0 Å². The minimum Gasteiger partial charge on any atom is -0.493 e. The van der Waals surface area contributed by atoms with Crippen molar-refractivity contribution in [3.8, 4) is 5.75 Å². The van der Waals surface area contributed by atoms with Crippen LogP contribution in [0.15, 0.2) is 24.3 Å². The van der Waals surface area contributed by atoms with Crippen LogP contribution < -0.4 is 4.74 Å². The van der Waals surface area contributed by atoms with Crippen LogP contribution >= 0.6 is 0 Å². The number of hydrogen-bond donors (Lipinski definition) is 0. The number of aryl methyl sites for hydroxylation is 1. The van der Waals surface area contributed by atoms with E-state index in [9.17, 15) is 9.59 Å². The Hall–Kier alpha value is -2.04. The Kier molecular flexibility index (Phi) is 5.61. The van der Waals surface area contributed by atoms with Crippen LogP contribution in [0.5, 0.6) is 5.75 Å². The topological polar surface area (TPSA) is 49.9 Å². The second kappa shape index (κ2) is 8.14. The molecule has 5 heteroatoms. The van der Waals surface area contributed by atoms with Gasteiger partial charge in [-0.1, -0.05) is 25.0 Å². The van der Waals surface area contributed by atoms with Crippen LogP contribution in [0.25, 0.3) is 0 Å². The molecule has 1 unspecified atom stereocenters. The number of likely N-dealkylation sites (tertiary alicyclic amines) is 2. The van der Waals surface area contributed by atoms with Gasteiger partial charge in [0.1, 0.15) is 5.75 Å². The van der Waals surface area contributed by atoms with E-state index in [1.165, 1.54) is 18.4 Å². The zero-order valence-corrected chi connectivity index (χ0v) is 17.0. The fourth-order valence-corrected chi connectivity index (χ4v) is 5.20. The predicted octanol–water partition coefficient (Wildman–Crippen LogP) is 3.41. The molecule has 0 bridgehead atoms. The van der Waals surface area contributed by atoms with Gasteiger partial charge in [0.25, 0.3) is 0 Å². The zero-order valence-electron chi connectivity index (χ0n) is 17.0. The molecule has 1 aromatic carbocycles. The highest BCUT2D eigenvalue weighted by atomic mass is 16.5. The molecule has 2 saturated heterocycles. The quantitative estimate of drug-likeness (QED) is 0.782. The Labute approximate surface area is 168 Å². The van der Waals surface area contributed by atoms with Crippen molar-refractivity contribution < 1.29 is 14.3 Å². The molecule has 28 heavy (non-hydrogen) atoms. The van der Waals surface area contributed by atoms with Crippen molar-refractivity contribution in [2.45, 2.75) is 51.9 Å². The lowest BCUT2D eigenvalue weighted by molar-refractivity contribution is -0.139. The van der Waals surface area contributed by atoms with Gasteiger partial charge >= 0.3 is 0 Å². The minimum atomic E-state index is 0.101. The first-order chi connectivity index (χ1) is 13.5.